The van der Waals surface area contributed by atoms with Crippen molar-refractivity contribution in [3.8, 4) is 0 Å². The maximum Gasteiger partial charge on any atom is 0.257 e. The molecule has 0 fully saturated rings. The van der Waals surface area contributed by atoms with E-state index in [2.05, 4.69) is 15.9 Å². The summed E-state index contributed by atoms with van der Waals surface area (Å²) in [6.45, 7) is 1.77. The smallest absolute Gasteiger partial charge is 0.257 e. The molecule has 13 heavy (non-hydrogen) atoms. The Morgan fingerprint density at radius 3 is 2.54 bits per heavy atom. The highest BCUT2D eigenvalue weighted by Gasteiger charge is 2.19. The molecule has 0 amide bonds. The summed E-state index contributed by atoms with van der Waals surface area (Å²) in [6, 6.07) is 4.00. The van der Waals surface area contributed by atoms with Gasteiger partial charge in [-0.15, -0.1) is 0 Å². The topological polar surface area (TPSA) is 26.0 Å². The van der Waals surface area contributed by atoms with Crippen LogP contribution in [0.4, 0.5) is 8.78 Å². The first-order valence-corrected chi connectivity index (χ1v) is 4.61. The third-order valence-electron chi connectivity index (χ3n) is 1.87. The fraction of sp³-hybridized carbons (Fsp3) is 0.333. The van der Waals surface area contributed by atoms with Gasteiger partial charge in [0.05, 0.1) is 6.04 Å². The molecule has 0 aliphatic carbocycles. The average Bonchev–Trinajstić information content (AvgIpc) is 2.08. The quantitative estimate of drug-likeness (QED) is 0.857. The Kier molecular flexibility index (Phi) is 3.39. The van der Waals surface area contributed by atoms with Gasteiger partial charge in [0.2, 0.25) is 0 Å². The van der Waals surface area contributed by atoms with E-state index in [-0.39, 0.29) is 0 Å². The lowest BCUT2D eigenvalue weighted by atomic mass is 10.0. The SMILES string of the molecule is Cc1ccc(Br)cc1C(N)C(F)F. The molecule has 4 heteroatoms. The molecule has 1 atom stereocenters. The van der Waals surface area contributed by atoms with Crippen molar-refractivity contribution >= 4 is 15.9 Å². The Morgan fingerprint density at radius 2 is 2.00 bits per heavy atom. The Morgan fingerprint density at radius 1 is 1.38 bits per heavy atom. The summed E-state index contributed by atoms with van der Waals surface area (Å²) in [7, 11) is 0. The van der Waals surface area contributed by atoms with Gasteiger partial charge in [-0.1, -0.05) is 22.0 Å². The van der Waals surface area contributed by atoms with Crippen LogP contribution in [0, 0.1) is 6.92 Å². The largest absolute Gasteiger partial charge is 0.319 e. The summed E-state index contributed by atoms with van der Waals surface area (Å²) in [5.41, 5.74) is 6.61. The molecule has 1 rings (SSSR count). The van der Waals surface area contributed by atoms with Crippen molar-refractivity contribution in [2.24, 2.45) is 5.73 Å². The maximum atomic E-state index is 12.3. The van der Waals surface area contributed by atoms with Crippen LogP contribution < -0.4 is 5.73 Å². The highest BCUT2D eigenvalue weighted by molar-refractivity contribution is 9.10. The summed E-state index contributed by atoms with van der Waals surface area (Å²) in [4.78, 5) is 0. The summed E-state index contributed by atoms with van der Waals surface area (Å²) >= 11 is 3.21. The molecular weight excluding hydrogens is 240 g/mol. The van der Waals surface area contributed by atoms with E-state index in [1.165, 1.54) is 0 Å². The lowest BCUT2D eigenvalue weighted by molar-refractivity contribution is 0.116. The lowest BCUT2D eigenvalue weighted by Gasteiger charge is -2.13. The van der Waals surface area contributed by atoms with E-state index >= 15 is 0 Å². The van der Waals surface area contributed by atoms with Crippen molar-refractivity contribution in [2.75, 3.05) is 0 Å². The van der Waals surface area contributed by atoms with E-state index in [1.54, 1.807) is 25.1 Å². The molecule has 72 valence electrons. The van der Waals surface area contributed by atoms with Gasteiger partial charge in [0.25, 0.3) is 6.43 Å². The summed E-state index contributed by atoms with van der Waals surface area (Å²) in [5, 5.41) is 0. The number of aryl methyl sites for hydroxylation is 1. The van der Waals surface area contributed by atoms with Crippen LogP contribution >= 0.6 is 15.9 Å². The van der Waals surface area contributed by atoms with E-state index < -0.39 is 12.5 Å². The predicted octanol–water partition coefficient (Wildman–Crippen LogP) is 3.02. The molecule has 0 saturated heterocycles. The van der Waals surface area contributed by atoms with E-state index in [1.807, 2.05) is 0 Å². The van der Waals surface area contributed by atoms with Crippen LogP contribution in [-0.2, 0) is 0 Å². The molecule has 0 bridgehead atoms. The maximum absolute atomic E-state index is 12.3. The minimum atomic E-state index is -2.52. The second-order valence-corrected chi connectivity index (χ2v) is 3.78. The summed E-state index contributed by atoms with van der Waals surface area (Å²) in [6.07, 6.45) is -2.52. The van der Waals surface area contributed by atoms with Crippen LogP contribution in [0.5, 0.6) is 0 Å². The van der Waals surface area contributed by atoms with E-state index in [4.69, 9.17) is 5.73 Å². The molecule has 0 aromatic heterocycles. The minimum Gasteiger partial charge on any atom is -0.319 e. The second kappa shape index (κ2) is 4.15. The summed E-state index contributed by atoms with van der Waals surface area (Å²) < 4.78 is 25.3. The van der Waals surface area contributed by atoms with E-state index in [9.17, 15) is 8.78 Å². The Labute approximate surface area is 84.1 Å². The third kappa shape index (κ3) is 2.48. The first-order chi connectivity index (χ1) is 6.02. The highest BCUT2D eigenvalue weighted by atomic mass is 79.9. The molecule has 0 radical (unpaired) electrons. The molecule has 0 spiro atoms. The first-order valence-electron chi connectivity index (χ1n) is 3.82. The van der Waals surface area contributed by atoms with Gasteiger partial charge >= 0.3 is 0 Å². The fourth-order valence-electron chi connectivity index (χ4n) is 1.11. The lowest BCUT2D eigenvalue weighted by Crippen LogP contribution is -2.19. The van der Waals surface area contributed by atoms with Gasteiger partial charge in [0.15, 0.2) is 0 Å². The number of alkyl halides is 2. The number of hydrogen-bond donors (Lipinski definition) is 1. The van der Waals surface area contributed by atoms with Gasteiger partial charge in [-0.25, -0.2) is 8.78 Å². The van der Waals surface area contributed by atoms with Gasteiger partial charge in [-0.2, -0.15) is 0 Å². The van der Waals surface area contributed by atoms with Gasteiger partial charge in [0.1, 0.15) is 0 Å². The molecule has 1 unspecified atom stereocenters. The number of hydrogen-bond acceptors (Lipinski definition) is 1. The predicted molar refractivity (Wildman–Crippen MR) is 51.8 cm³/mol. The normalized spacial score (nSPS) is 13.4. The van der Waals surface area contributed by atoms with Gasteiger partial charge < -0.3 is 5.73 Å². The van der Waals surface area contributed by atoms with E-state index in [0.717, 1.165) is 10.0 Å². The molecule has 2 N–H and O–H groups in total. The standard InChI is InChI=1S/C9H10BrF2N/c1-5-2-3-6(10)4-7(5)8(13)9(11)12/h2-4,8-9H,13H2,1H3. The van der Waals surface area contributed by atoms with Crippen LogP contribution in [0.3, 0.4) is 0 Å². The van der Waals surface area contributed by atoms with Crippen molar-refractivity contribution in [2.45, 2.75) is 19.4 Å². The van der Waals surface area contributed by atoms with Crippen molar-refractivity contribution in [3.05, 3.63) is 33.8 Å². The van der Waals surface area contributed by atoms with Crippen LogP contribution in [0.25, 0.3) is 0 Å². The molecule has 0 aliphatic heterocycles. The van der Waals surface area contributed by atoms with Crippen LogP contribution in [0.2, 0.25) is 0 Å². The average molecular weight is 250 g/mol. The molecule has 1 aromatic rings. The number of benzene rings is 1. The molecular formula is C9H10BrF2N. The second-order valence-electron chi connectivity index (χ2n) is 2.86. The highest BCUT2D eigenvalue weighted by Crippen LogP contribution is 2.24. The number of halogens is 3. The van der Waals surface area contributed by atoms with Crippen molar-refractivity contribution < 1.29 is 8.78 Å². The fourth-order valence-corrected chi connectivity index (χ4v) is 1.48. The van der Waals surface area contributed by atoms with Gasteiger partial charge in [-0.05, 0) is 30.2 Å². The Balaban J connectivity index is 3.05. The van der Waals surface area contributed by atoms with Gasteiger partial charge in [-0.3, -0.25) is 0 Å². The third-order valence-corrected chi connectivity index (χ3v) is 2.37. The Bertz CT molecular complexity index is 302. The monoisotopic (exact) mass is 249 g/mol. The van der Waals surface area contributed by atoms with Crippen LogP contribution in [0.15, 0.2) is 22.7 Å². The first kappa shape index (κ1) is 10.6. The van der Waals surface area contributed by atoms with Crippen molar-refractivity contribution in [1.82, 2.24) is 0 Å². The molecule has 0 aliphatic rings. The zero-order chi connectivity index (χ0) is 10.0. The van der Waals surface area contributed by atoms with Crippen molar-refractivity contribution in [3.63, 3.8) is 0 Å². The van der Waals surface area contributed by atoms with Crippen LogP contribution in [0.1, 0.15) is 17.2 Å². The molecule has 1 aromatic carbocycles. The van der Waals surface area contributed by atoms with Gasteiger partial charge in [0, 0.05) is 4.47 Å². The molecule has 1 nitrogen and oxygen atoms in total. The number of nitrogens with two attached hydrogens (primary N) is 1. The van der Waals surface area contributed by atoms with Crippen LogP contribution in [-0.4, -0.2) is 6.43 Å². The zero-order valence-electron chi connectivity index (χ0n) is 7.10. The summed E-state index contributed by atoms with van der Waals surface area (Å²) in [5.74, 6) is 0. The van der Waals surface area contributed by atoms with Crippen molar-refractivity contribution in [1.29, 1.82) is 0 Å². The van der Waals surface area contributed by atoms with E-state index in [0.29, 0.717) is 5.56 Å². The molecule has 0 heterocycles. The number of rotatable bonds is 2. The molecule has 0 saturated carbocycles. The minimum absolute atomic E-state index is 0.490. The zero-order valence-corrected chi connectivity index (χ0v) is 8.68. The Hall–Kier alpha value is -0.480.